The minimum atomic E-state index is -0.804. The second kappa shape index (κ2) is 3.86. The van der Waals surface area contributed by atoms with Crippen LogP contribution in [0, 0.1) is 18.3 Å². The highest BCUT2D eigenvalue weighted by Gasteiger charge is 2.55. The topological polar surface area (TPSA) is 47.9 Å². The van der Waals surface area contributed by atoms with Crippen LogP contribution in [0.1, 0.15) is 13.8 Å². The summed E-state index contributed by atoms with van der Waals surface area (Å²) in [6.45, 7) is 7.13. The Balaban J connectivity index is 2.16. The van der Waals surface area contributed by atoms with Crippen molar-refractivity contribution < 1.29 is 19.3 Å². The van der Waals surface area contributed by atoms with E-state index in [2.05, 4.69) is 12.5 Å². The van der Waals surface area contributed by atoms with Crippen LogP contribution in [0.3, 0.4) is 0 Å². The van der Waals surface area contributed by atoms with E-state index >= 15 is 0 Å². The molecule has 0 spiro atoms. The van der Waals surface area contributed by atoms with Gasteiger partial charge in [0, 0.05) is 0 Å². The van der Waals surface area contributed by atoms with Crippen LogP contribution in [-0.4, -0.2) is 35.5 Å². The highest BCUT2D eigenvalue weighted by atomic mass is 16.8. The van der Waals surface area contributed by atoms with Gasteiger partial charge in [0.15, 0.2) is 12.1 Å². The predicted molar refractivity (Wildman–Crippen MR) is 57.2 cm³/mol. The van der Waals surface area contributed by atoms with Gasteiger partial charge in [0.05, 0.1) is 12.0 Å². The molecule has 2 fully saturated rings. The van der Waals surface area contributed by atoms with Crippen molar-refractivity contribution in [1.82, 2.24) is 0 Å². The molecule has 0 bridgehead atoms. The number of hydrogen-bond acceptors (Lipinski definition) is 4. The lowest BCUT2D eigenvalue weighted by atomic mass is 9.95. The van der Waals surface area contributed by atoms with Crippen LogP contribution >= 0.6 is 0 Å². The molecule has 2 saturated heterocycles. The number of terminal acetylenes is 1. The maximum Gasteiger partial charge on any atom is 0.188 e. The van der Waals surface area contributed by atoms with E-state index in [4.69, 9.17) is 20.6 Å². The van der Waals surface area contributed by atoms with E-state index in [9.17, 15) is 5.11 Å². The van der Waals surface area contributed by atoms with Crippen molar-refractivity contribution in [3.8, 4) is 12.3 Å². The lowest BCUT2D eigenvalue weighted by Crippen LogP contribution is -2.35. The molecule has 88 valence electrons. The van der Waals surface area contributed by atoms with Crippen LogP contribution in [0.5, 0.6) is 0 Å². The summed E-state index contributed by atoms with van der Waals surface area (Å²) in [7, 11) is 0. The lowest BCUT2D eigenvalue weighted by molar-refractivity contribution is -0.215. The number of rotatable bonds is 2. The first-order valence-electron chi connectivity index (χ1n) is 5.26. The molecule has 0 aliphatic carbocycles. The molecule has 5 atom stereocenters. The van der Waals surface area contributed by atoms with E-state index in [0.717, 1.165) is 0 Å². The molecule has 0 unspecified atom stereocenters. The minimum absolute atomic E-state index is 0.320. The maximum atomic E-state index is 9.69. The Labute approximate surface area is 95.2 Å². The molecule has 16 heavy (non-hydrogen) atoms. The van der Waals surface area contributed by atoms with E-state index < -0.39 is 24.3 Å². The van der Waals surface area contributed by atoms with Crippen LogP contribution in [0.2, 0.25) is 0 Å². The lowest BCUT2D eigenvalue weighted by Gasteiger charge is -2.24. The summed E-state index contributed by atoms with van der Waals surface area (Å²) in [6.07, 6.45) is 4.72. The van der Waals surface area contributed by atoms with E-state index in [1.165, 1.54) is 6.08 Å². The molecule has 2 heterocycles. The summed E-state index contributed by atoms with van der Waals surface area (Å²) >= 11 is 0. The molecule has 2 aliphatic heterocycles. The molecular formula is C12H16O4. The molecule has 4 nitrogen and oxygen atoms in total. The second-order valence-corrected chi connectivity index (χ2v) is 4.49. The van der Waals surface area contributed by atoms with Gasteiger partial charge in [-0.2, -0.15) is 0 Å². The zero-order valence-corrected chi connectivity index (χ0v) is 9.42. The molecule has 0 aromatic rings. The molecule has 0 amide bonds. The van der Waals surface area contributed by atoms with Crippen molar-refractivity contribution in [3.05, 3.63) is 12.7 Å². The molecule has 1 N–H and O–H groups in total. The Bertz CT molecular complexity index is 330. The fraction of sp³-hybridized carbons (Fsp3) is 0.667. The molecule has 0 saturated carbocycles. The van der Waals surface area contributed by atoms with Crippen LogP contribution in [-0.2, 0) is 14.2 Å². The highest BCUT2D eigenvalue weighted by Crippen LogP contribution is 2.41. The summed E-state index contributed by atoms with van der Waals surface area (Å²) < 4.78 is 16.8. The summed E-state index contributed by atoms with van der Waals surface area (Å²) in [6, 6.07) is 0. The van der Waals surface area contributed by atoms with Gasteiger partial charge in [-0.3, -0.25) is 0 Å². The molecule has 4 heteroatoms. The molecule has 0 radical (unpaired) electrons. The molecule has 2 aliphatic rings. The van der Waals surface area contributed by atoms with Crippen molar-refractivity contribution >= 4 is 0 Å². The first-order valence-corrected chi connectivity index (χ1v) is 5.26. The van der Waals surface area contributed by atoms with E-state index in [1.807, 2.05) is 0 Å². The zero-order valence-electron chi connectivity index (χ0n) is 9.42. The number of ether oxygens (including phenoxy) is 3. The standard InChI is InChI=1S/C12H16O4/c1-5-7-9(8(13)6-2)14-11-10(7)15-12(3,4)16-11/h1,6-11,13H,2H2,3-4H3/t7-,8-,9+,10-,11-/m1/s1. The van der Waals surface area contributed by atoms with Gasteiger partial charge in [0.2, 0.25) is 0 Å². The van der Waals surface area contributed by atoms with Crippen LogP contribution in [0.4, 0.5) is 0 Å². The van der Waals surface area contributed by atoms with Crippen molar-refractivity contribution in [2.75, 3.05) is 0 Å². The molecule has 0 aromatic carbocycles. The number of fused-ring (bicyclic) bond motifs is 1. The third-order valence-electron chi connectivity index (χ3n) is 2.86. The Morgan fingerprint density at radius 3 is 2.75 bits per heavy atom. The number of aliphatic hydroxyl groups excluding tert-OH is 1. The van der Waals surface area contributed by atoms with Gasteiger partial charge in [-0.05, 0) is 13.8 Å². The van der Waals surface area contributed by atoms with Gasteiger partial charge in [-0.1, -0.05) is 12.0 Å². The monoisotopic (exact) mass is 224 g/mol. The first kappa shape index (κ1) is 11.6. The van der Waals surface area contributed by atoms with E-state index in [1.54, 1.807) is 13.8 Å². The van der Waals surface area contributed by atoms with Gasteiger partial charge in [-0.25, -0.2) is 0 Å². The fourth-order valence-corrected chi connectivity index (χ4v) is 2.15. The van der Waals surface area contributed by atoms with Crippen LogP contribution < -0.4 is 0 Å². The number of hydrogen-bond donors (Lipinski definition) is 1. The summed E-state index contributed by atoms with van der Waals surface area (Å²) in [5, 5.41) is 9.69. The smallest absolute Gasteiger partial charge is 0.188 e. The Morgan fingerprint density at radius 2 is 2.19 bits per heavy atom. The van der Waals surface area contributed by atoms with Crippen LogP contribution in [0.25, 0.3) is 0 Å². The Kier molecular flexibility index (Phi) is 2.81. The first-order chi connectivity index (χ1) is 7.48. The third kappa shape index (κ3) is 1.76. The quantitative estimate of drug-likeness (QED) is 0.553. The summed E-state index contributed by atoms with van der Waals surface area (Å²) in [4.78, 5) is 0. The second-order valence-electron chi connectivity index (χ2n) is 4.49. The zero-order chi connectivity index (χ0) is 11.9. The van der Waals surface area contributed by atoms with E-state index in [0.29, 0.717) is 0 Å². The van der Waals surface area contributed by atoms with Crippen molar-refractivity contribution in [1.29, 1.82) is 0 Å². The van der Waals surface area contributed by atoms with Crippen molar-refractivity contribution in [2.45, 2.75) is 44.2 Å². The van der Waals surface area contributed by atoms with Gasteiger partial charge in [-0.15, -0.1) is 13.0 Å². The Morgan fingerprint density at radius 1 is 1.50 bits per heavy atom. The minimum Gasteiger partial charge on any atom is -0.386 e. The number of aliphatic hydroxyl groups is 1. The highest BCUT2D eigenvalue weighted by molar-refractivity contribution is 5.11. The van der Waals surface area contributed by atoms with Crippen molar-refractivity contribution in [3.63, 3.8) is 0 Å². The van der Waals surface area contributed by atoms with Gasteiger partial charge < -0.3 is 19.3 Å². The third-order valence-corrected chi connectivity index (χ3v) is 2.86. The average Bonchev–Trinajstić information content (AvgIpc) is 2.68. The fourth-order valence-electron chi connectivity index (χ4n) is 2.15. The predicted octanol–water partition coefficient (Wildman–Crippen LogP) is 0.659. The van der Waals surface area contributed by atoms with Crippen molar-refractivity contribution in [2.24, 2.45) is 5.92 Å². The van der Waals surface area contributed by atoms with Gasteiger partial charge >= 0.3 is 0 Å². The largest absolute Gasteiger partial charge is 0.386 e. The summed E-state index contributed by atoms with van der Waals surface area (Å²) in [5.74, 6) is 1.60. The van der Waals surface area contributed by atoms with Gasteiger partial charge in [0.25, 0.3) is 0 Å². The molecular weight excluding hydrogens is 208 g/mol. The normalized spacial score (nSPS) is 42.4. The Hall–Kier alpha value is -0.860. The molecule has 2 rings (SSSR count). The summed E-state index contributed by atoms with van der Waals surface area (Å²) in [5.41, 5.74) is 0. The maximum absolute atomic E-state index is 9.69. The molecule has 0 aromatic heterocycles. The van der Waals surface area contributed by atoms with E-state index in [-0.39, 0.29) is 12.0 Å². The average molecular weight is 224 g/mol. The van der Waals surface area contributed by atoms with Gasteiger partial charge in [0.1, 0.15) is 12.2 Å². The SMILES string of the molecule is C#C[C@H]1[C@H]2OC(C)(C)O[C@H]2O[C@@H]1[C@H](O)C=C. The van der Waals surface area contributed by atoms with Crippen LogP contribution in [0.15, 0.2) is 12.7 Å².